The first-order valence-corrected chi connectivity index (χ1v) is 5.69. The van der Waals surface area contributed by atoms with E-state index in [2.05, 4.69) is 60.6 Å². The highest BCUT2D eigenvalue weighted by Gasteiger charge is 2.04. The van der Waals surface area contributed by atoms with Gasteiger partial charge in [0.2, 0.25) is 0 Å². The van der Waals surface area contributed by atoms with Gasteiger partial charge in [0.05, 0.1) is 11.8 Å². The molecule has 0 bridgehead atoms. The van der Waals surface area contributed by atoms with Crippen molar-refractivity contribution < 1.29 is 0 Å². The fraction of sp³-hybridized carbons (Fsp3) is 0.125. The van der Waals surface area contributed by atoms with Gasteiger partial charge < -0.3 is 4.98 Å². The van der Waals surface area contributed by atoms with Gasteiger partial charge in [-0.1, -0.05) is 22.0 Å². The van der Waals surface area contributed by atoms with Crippen molar-refractivity contribution in [2.24, 2.45) is 0 Å². The minimum atomic E-state index is 0.883. The molecule has 0 aliphatic rings. The Kier molecular flexibility index (Phi) is 2.36. The normalized spacial score (nSPS) is 10.8. The van der Waals surface area contributed by atoms with Gasteiger partial charge in [0.1, 0.15) is 5.52 Å². The number of benzene rings is 1. The maximum absolute atomic E-state index is 4.24. The molecule has 0 saturated heterocycles. The molecule has 1 N–H and O–H groups in total. The van der Waals surface area contributed by atoms with E-state index in [0.29, 0.717) is 0 Å². The van der Waals surface area contributed by atoms with Gasteiger partial charge in [-0.2, -0.15) is 0 Å². The zero-order chi connectivity index (χ0) is 8.55. The van der Waals surface area contributed by atoms with Gasteiger partial charge >= 0.3 is 0 Å². The molecule has 62 valence electrons. The molecule has 2 nitrogen and oxygen atoms in total. The molecule has 0 amide bonds. The van der Waals surface area contributed by atoms with Crippen molar-refractivity contribution in [1.82, 2.24) is 9.97 Å². The molecule has 2 rings (SSSR count). The van der Waals surface area contributed by atoms with E-state index in [1.807, 2.05) is 0 Å². The van der Waals surface area contributed by atoms with Crippen LogP contribution in [0.1, 0.15) is 5.56 Å². The number of alkyl halides is 1. The molecule has 0 unspecified atom stereocenters. The lowest BCUT2D eigenvalue weighted by Crippen LogP contribution is -1.85. The number of halogens is 2. The molecule has 2 aromatic rings. The number of fused-ring (bicyclic) bond motifs is 1. The van der Waals surface area contributed by atoms with Crippen LogP contribution in [0.5, 0.6) is 0 Å². The maximum Gasteiger partial charge on any atom is 0.102 e. The van der Waals surface area contributed by atoms with Crippen LogP contribution in [-0.4, -0.2) is 9.97 Å². The van der Waals surface area contributed by atoms with E-state index in [0.717, 1.165) is 16.4 Å². The molecular weight excluding hydrogens is 331 g/mol. The van der Waals surface area contributed by atoms with Crippen molar-refractivity contribution in [3.8, 4) is 0 Å². The SMILES string of the molecule is BrCc1ccc2[nH]cnc2c1I. The third-order valence-electron chi connectivity index (χ3n) is 1.75. The molecular formula is C8H6BrIN2. The summed E-state index contributed by atoms with van der Waals surface area (Å²) in [7, 11) is 0. The monoisotopic (exact) mass is 336 g/mol. The maximum atomic E-state index is 4.24. The summed E-state index contributed by atoms with van der Waals surface area (Å²) in [6.45, 7) is 0. The van der Waals surface area contributed by atoms with Crippen LogP contribution in [0.3, 0.4) is 0 Å². The molecule has 0 fully saturated rings. The lowest BCUT2D eigenvalue weighted by atomic mass is 10.2. The zero-order valence-electron chi connectivity index (χ0n) is 6.14. The second-order valence-electron chi connectivity index (χ2n) is 2.47. The van der Waals surface area contributed by atoms with Crippen LogP contribution in [0.4, 0.5) is 0 Å². The molecule has 0 atom stereocenters. The Bertz CT molecular complexity index is 410. The average molecular weight is 337 g/mol. The quantitative estimate of drug-likeness (QED) is 0.629. The standard InChI is InChI=1S/C8H6BrIN2/c9-3-5-1-2-6-8(7(5)10)12-4-11-6/h1-2,4H,3H2,(H,11,12). The van der Waals surface area contributed by atoms with Crippen LogP contribution in [0.15, 0.2) is 18.5 Å². The number of aromatic nitrogens is 2. The highest BCUT2D eigenvalue weighted by Crippen LogP contribution is 2.22. The van der Waals surface area contributed by atoms with Gasteiger partial charge in [0.25, 0.3) is 0 Å². The van der Waals surface area contributed by atoms with Crippen LogP contribution < -0.4 is 0 Å². The Morgan fingerprint density at radius 2 is 2.33 bits per heavy atom. The van der Waals surface area contributed by atoms with E-state index < -0.39 is 0 Å². The van der Waals surface area contributed by atoms with Gasteiger partial charge in [-0.15, -0.1) is 0 Å². The second kappa shape index (κ2) is 3.33. The van der Waals surface area contributed by atoms with Gasteiger partial charge in [-0.05, 0) is 34.2 Å². The van der Waals surface area contributed by atoms with E-state index >= 15 is 0 Å². The predicted molar refractivity (Wildman–Crippen MR) is 61.4 cm³/mol. The largest absolute Gasteiger partial charge is 0.345 e. The van der Waals surface area contributed by atoms with E-state index in [1.165, 1.54) is 9.13 Å². The highest BCUT2D eigenvalue weighted by atomic mass is 127. The van der Waals surface area contributed by atoms with Crippen molar-refractivity contribution in [3.63, 3.8) is 0 Å². The number of hydrogen-bond donors (Lipinski definition) is 1. The minimum absolute atomic E-state index is 0.883. The van der Waals surface area contributed by atoms with Crippen LogP contribution in [0, 0.1) is 3.57 Å². The molecule has 1 aromatic heterocycles. The first-order valence-electron chi connectivity index (χ1n) is 3.49. The summed E-state index contributed by atoms with van der Waals surface area (Å²) in [5, 5.41) is 0.883. The third-order valence-corrected chi connectivity index (χ3v) is 3.56. The summed E-state index contributed by atoms with van der Waals surface area (Å²) in [5.74, 6) is 0. The predicted octanol–water partition coefficient (Wildman–Crippen LogP) is 3.06. The lowest BCUT2D eigenvalue weighted by Gasteiger charge is -1.99. The number of imidazole rings is 1. The smallest absolute Gasteiger partial charge is 0.102 e. The zero-order valence-corrected chi connectivity index (χ0v) is 9.89. The van der Waals surface area contributed by atoms with Crippen molar-refractivity contribution in [2.45, 2.75) is 5.33 Å². The number of nitrogens with zero attached hydrogens (tertiary/aromatic N) is 1. The Morgan fingerprint density at radius 3 is 3.08 bits per heavy atom. The van der Waals surface area contributed by atoms with Gasteiger partial charge in [0, 0.05) is 8.90 Å². The molecule has 0 radical (unpaired) electrons. The molecule has 0 aliphatic carbocycles. The Morgan fingerprint density at radius 1 is 1.50 bits per heavy atom. The molecule has 4 heteroatoms. The summed E-state index contributed by atoms with van der Waals surface area (Å²) in [4.78, 5) is 7.32. The van der Waals surface area contributed by atoms with Gasteiger partial charge in [0.15, 0.2) is 0 Å². The van der Waals surface area contributed by atoms with E-state index in [-0.39, 0.29) is 0 Å². The fourth-order valence-electron chi connectivity index (χ4n) is 1.12. The van der Waals surface area contributed by atoms with Gasteiger partial charge in [-0.3, -0.25) is 0 Å². The Balaban J connectivity index is 2.78. The number of aromatic amines is 1. The topological polar surface area (TPSA) is 28.7 Å². The van der Waals surface area contributed by atoms with Crippen molar-refractivity contribution >= 4 is 49.6 Å². The van der Waals surface area contributed by atoms with Crippen LogP contribution in [0.25, 0.3) is 11.0 Å². The number of nitrogens with one attached hydrogen (secondary N) is 1. The number of hydrogen-bond acceptors (Lipinski definition) is 1. The Labute approximate surface area is 92.0 Å². The number of rotatable bonds is 1. The molecule has 12 heavy (non-hydrogen) atoms. The Hall–Kier alpha value is -0.100. The summed E-state index contributed by atoms with van der Waals surface area (Å²) >= 11 is 5.76. The van der Waals surface area contributed by atoms with Crippen molar-refractivity contribution in [3.05, 3.63) is 27.6 Å². The first kappa shape index (κ1) is 8.50. The lowest BCUT2D eigenvalue weighted by molar-refractivity contribution is 1.34. The van der Waals surface area contributed by atoms with Crippen LogP contribution in [-0.2, 0) is 5.33 Å². The third kappa shape index (κ3) is 1.26. The summed E-state index contributed by atoms with van der Waals surface area (Å²) in [6.07, 6.45) is 1.73. The van der Waals surface area contributed by atoms with E-state index in [1.54, 1.807) is 6.33 Å². The first-order chi connectivity index (χ1) is 5.83. The van der Waals surface area contributed by atoms with Crippen LogP contribution >= 0.6 is 38.5 Å². The van der Waals surface area contributed by atoms with Crippen LogP contribution in [0.2, 0.25) is 0 Å². The second-order valence-corrected chi connectivity index (χ2v) is 4.11. The van der Waals surface area contributed by atoms with E-state index in [4.69, 9.17) is 0 Å². The average Bonchev–Trinajstić information content (AvgIpc) is 2.53. The number of H-pyrrole nitrogens is 1. The van der Waals surface area contributed by atoms with Crippen molar-refractivity contribution in [2.75, 3.05) is 0 Å². The fourth-order valence-corrected chi connectivity index (χ4v) is 2.91. The van der Waals surface area contributed by atoms with E-state index in [9.17, 15) is 0 Å². The minimum Gasteiger partial charge on any atom is -0.345 e. The summed E-state index contributed by atoms with van der Waals surface area (Å²) < 4.78 is 1.23. The molecule has 0 saturated carbocycles. The van der Waals surface area contributed by atoms with Gasteiger partial charge in [-0.25, -0.2) is 4.98 Å². The highest BCUT2D eigenvalue weighted by molar-refractivity contribution is 14.1. The summed E-state index contributed by atoms with van der Waals surface area (Å²) in [5.41, 5.74) is 3.45. The van der Waals surface area contributed by atoms with Crippen molar-refractivity contribution in [1.29, 1.82) is 0 Å². The molecule has 0 spiro atoms. The molecule has 1 heterocycles. The molecule has 1 aromatic carbocycles. The molecule has 0 aliphatic heterocycles. The summed E-state index contributed by atoms with van der Waals surface area (Å²) in [6, 6.07) is 4.16.